The van der Waals surface area contributed by atoms with Gasteiger partial charge in [-0.2, -0.15) is 5.10 Å². The molecule has 2 aliphatic rings. The van der Waals surface area contributed by atoms with Crippen molar-refractivity contribution in [1.29, 1.82) is 5.41 Å². The molecule has 4 heterocycles. The first-order chi connectivity index (χ1) is 13.0. The molecule has 2 amide bonds. The number of alkyl halides is 1. The van der Waals surface area contributed by atoms with Crippen molar-refractivity contribution in [2.24, 2.45) is 7.05 Å². The van der Waals surface area contributed by atoms with Gasteiger partial charge in [-0.25, -0.2) is 14.2 Å². The Bertz CT molecular complexity index is 905. The summed E-state index contributed by atoms with van der Waals surface area (Å²) in [6.07, 6.45) is 6.34. The SMILES string of the molecule is Cn1cc(N2C/C(=C/C(=N)c3ccc(N4CC[C@H](F)C4)nc3)NC2=O)cn1. The standard InChI is InChI=1S/C18H20FN7O/c1-24-11-15(8-22-24)26-10-14(23-18(26)27)6-16(20)12-2-3-17(21-7-12)25-5-4-13(19)9-25/h2-3,6-8,11,13,20H,4-5,9-10H2,1H3,(H,23,27)/b14-6-,20-16?/t13-/m0/s1. The van der Waals surface area contributed by atoms with E-state index in [0.29, 0.717) is 43.0 Å². The van der Waals surface area contributed by atoms with Crippen LogP contribution in [0.15, 0.2) is 42.5 Å². The molecule has 2 aliphatic heterocycles. The quantitative estimate of drug-likeness (QED) is 0.805. The highest BCUT2D eigenvalue weighted by Gasteiger charge is 2.27. The summed E-state index contributed by atoms with van der Waals surface area (Å²) in [6.45, 7) is 1.37. The summed E-state index contributed by atoms with van der Waals surface area (Å²) in [5.74, 6) is 0.719. The molecule has 140 valence electrons. The van der Waals surface area contributed by atoms with Crippen molar-refractivity contribution < 1.29 is 9.18 Å². The number of carbonyl (C=O) groups excluding carboxylic acids is 1. The van der Waals surface area contributed by atoms with Crippen LogP contribution in [-0.4, -0.2) is 52.3 Å². The van der Waals surface area contributed by atoms with Gasteiger partial charge in [-0.15, -0.1) is 0 Å². The first-order valence-corrected chi connectivity index (χ1v) is 8.71. The number of nitrogens with one attached hydrogen (secondary N) is 2. The van der Waals surface area contributed by atoms with Crippen LogP contribution in [0, 0.1) is 5.41 Å². The topological polar surface area (TPSA) is 90.1 Å². The third kappa shape index (κ3) is 3.53. The van der Waals surface area contributed by atoms with E-state index in [1.165, 1.54) is 0 Å². The second-order valence-corrected chi connectivity index (χ2v) is 6.71. The highest BCUT2D eigenvalue weighted by Crippen LogP contribution is 2.21. The maximum absolute atomic E-state index is 13.3. The predicted molar refractivity (Wildman–Crippen MR) is 100.0 cm³/mol. The number of urea groups is 1. The van der Waals surface area contributed by atoms with E-state index in [4.69, 9.17) is 5.41 Å². The Hall–Kier alpha value is -3.23. The molecular weight excluding hydrogens is 349 g/mol. The molecule has 9 heteroatoms. The number of amides is 2. The van der Waals surface area contributed by atoms with Gasteiger partial charge >= 0.3 is 6.03 Å². The maximum Gasteiger partial charge on any atom is 0.326 e. The summed E-state index contributed by atoms with van der Waals surface area (Å²) < 4.78 is 15.0. The lowest BCUT2D eigenvalue weighted by atomic mass is 10.1. The predicted octanol–water partition coefficient (Wildman–Crippen LogP) is 1.84. The lowest BCUT2D eigenvalue weighted by molar-refractivity contribution is 0.252. The van der Waals surface area contributed by atoms with Crippen molar-refractivity contribution in [3.63, 3.8) is 0 Å². The molecule has 0 unspecified atom stereocenters. The van der Waals surface area contributed by atoms with E-state index in [-0.39, 0.29) is 11.7 Å². The summed E-state index contributed by atoms with van der Waals surface area (Å²) in [5.41, 5.74) is 2.23. The first kappa shape index (κ1) is 17.2. The Morgan fingerprint density at radius 3 is 2.89 bits per heavy atom. The minimum Gasteiger partial charge on any atom is -0.354 e. The summed E-state index contributed by atoms with van der Waals surface area (Å²) in [7, 11) is 1.79. The van der Waals surface area contributed by atoms with Gasteiger partial charge in [0.05, 0.1) is 30.7 Å². The van der Waals surface area contributed by atoms with Crippen LogP contribution in [0.3, 0.4) is 0 Å². The molecule has 2 N–H and O–H groups in total. The zero-order chi connectivity index (χ0) is 19.0. The van der Waals surface area contributed by atoms with E-state index >= 15 is 0 Å². The van der Waals surface area contributed by atoms with E-state index in [0.717, 1.165) is 5.82 Å². The number of hydrogen-bond acceptors (Lipinski definition) is 5. The minimum absolute atomic E-state index is 0.245. The average Bonchev–Trinajstić information content (AvgIpc) is 3.35. The molecule has 0 aliphatic carbocycles. The molecule has 8 nitrogen and oxygen atoms in total. The number of aromatic nitrogens is 3. The maximum atomic E-state index is 13.3. The van der Waals surface area contributed by atoms with Crippen molar-refractivity contribution in [3.8, 4) is 0 Å². The van der Waals surface area contributed by atoms with E-state index in [9.17, 15) is 9.18 Å². The van der Waals surface area contributed by atoms with E-state index < -0.39 is 6.17 Å². The van der Waals surface area contributed by atoms with E-state index in [2.05, 4.69) is 15.4 Å². The number of carbonyl (C=O) groups is 1. The van der Waals surface area contributed by atoms with Crippen LogP contribution in [0.1, 0.15) is 12.0 Å². The second-order valence-electron chi connectivity index (χ2n) is 6.71. The van der Waals surface area contributed by atoms with Gasteiger partial charge in [0.2, 0.25) is 0 Å². The average molecular weight is 369 g/mol. The van der Waals surface area contributed by atoms with Gasteiger partial charge in [0, 0.05) is 37.2 Å². The van der Waals surface area contributed by atoms with Gasteiger partial charge in [0.25, 0.3) is 0 Å². The normalized spacial score (nSPS) is 21.2. The van der Waals surface area contributed by atoms with Crippen molar-refractivity contribution in [2.75, 3.05) is 29.4 Å². The smallest absolute Gasteiger partial charge is 0.326 e. The molecule has 2 aromatic heterocycles. The van der Waals surface area contributed by atoms with Gasteiger partial charge in [0.1, 0.15) is 12.0 Å². The molecule has 0 spiro atoms. The van der Waals surface area contributed by atoms with Crippen LogP contribution in [0.4, 0.5) is 20.7 Å². The van der Waals surface area contributed by atoms with Crippen LogP contribution in [0.2, 0.25) is 0 Å². The monoisotopic (exact) mass is 369 g/mol. The zero-order valence-electron chi connectivity index (χ0n) is 14.9. The van der Waals surface area contributed by atoms with Crippen molar-refractivity contribution in [3.05, 3.63) is 48.1 Å². The summed E-state index contributed by atoms with van der Waals surface area (Å²) in [6, 6.07) is 3.35. The lowest BCUT2D eigenvalue weighted by Gasteiger charge is -2.16. The number of anilines is 2. The Morgan fingerprint density at radius 2 is 2.26 bits per heavy atom. The summed E-state index contributed by atoms with van der Waals surface area (Å²) in [5, 5.41) is 15.1. The minimum atomic E-state index is -0.803. The van der Waals surface area contributed by atoms with E-state index in [1.54, 1.807) is 53.4 Å². The molecule has 0 saturated carbocycles. The molecule has 4 rings (SSSR count). The van der Waals surface area contributed by atoms with Gasteiger partial charge in [0.15, 0.2) is 0 Å². The number of pyridine rings is 1. The molecule has 0 radical (unpaired) electrons. The van der Waals surface area contributed by atoms with Crippen molar-refractivity contribution >= 4 is 23.2 Å². The summed E-state index contributed by atoms with van der Waals surface area (Å²) >= 11 is 0. The van der Waals surface area contributed by atoms with Crippen LogP contribution in [-0.2, 0) is 7.05 Å². The highest BCUT2D eigenvalue weighted by molar-refractivity contribution is 6.08. The van der Waals surface area contributed by atoms with Crippen molar-refractivity contribution in [2.45, 2.75) is 12.6 Å². The van der Waals surface area contributed by atoms with Gasteiger partial charge < -0.3 is 15.6 Å². The van der Waals surface area contributed by atoms with Gasteiger partial charge in [-0.3, -0.25) is 9.58 Å². The third-order valence-corrected chi connectivity index (χ3v) is 4.68. The van der Waals surface area contributed by atoms with E-state index in [1.807, 2.05) is 4.90 Å². The Kier molecular flexibility index (Phi) is 4.35. The van der Waals surface area contributed by atoms with Crippen LogP contribution < -0.4 is 15.1 Å². The van der Waals surface area contributed by atoms with Crippen LogP contribution in [0.25, 0.3) is 0 Å². The molecule has 2 saturated heterocycles. The molecule has 0 bridgehead atoms. The Labute approximate surface area is 155 Å². The lowest BCUT2D eigenvalue weighted by Crippen LogP contribution is -2.27. The molecule has 0 aromatic carbocycles. The number of allylic oxidation sites excluding steroid dienone is 1. The first-order valence-electron chi connectivity index (χ1n) is 8.71. The number of hydrogen-bond donors (Lipinski definition) is 2. The van der Waals surface area contributed by atoms with Gasteiger partial charge in [-0.05, 0) is 24.6 Å². The number of rotatable bonds is 4. The summed E-state index contributed by atoms with van der Waals surface area (Å²) in [4.78, 5) is 20.0. The Balaban J connectivity index is 1.44. The number of aryl methyl sites for hydroxylation is 1. The fraction of sp³-hybridized carbons (Fsp3) is 0.333. The molecule has 2 fully saturated rings. The number of halogens is 1. The molecule has 1 atom stereocenters. The molecular formula is C18H20FN7O. The fourth-order valence-electron chi connectivity index (χ4n) is 3.24. The fourth-order valence-corrected chi connectivity index (χ4v) is 3.24. The Morgan fingerprint density at radius 1 is 1.41 bits per heavy atom. The van der Waals surface area contributed by atoms with Gasteiger partial charge in [-0.1, -0.05) is 0 Å². The molecule has 2 aromatic rings. The van der Waals surface area contributed by atoms with Crippen LogP contribution in [0.5, 0.6) is 0 Å². The second kappa shape index (κ2) is 6.82. The third-order valence-electron chi connectivity index (χ3n) is 4.68. The zero-order valence-corrected chi connectivity index (χ0v) is 14.9. The van der Waals surface area contributed by atoms with Crippen LogP contribution >= 0.6 is 0 Å². The largest absolute Gasteiger partial charge is 0.354 e. The molecule has 27 heavy (non-hydrogen) atoms. The van der Waals surface area contributed by atoms with Crippen molar-refractivity contribution in [1.82, 2.24) is 20.1 Å². The number of nitrogens with zero attached hydrogens (tertiary/aromatic N) is 5. The highest BCUT2D eigenvalue weighted by atomic mass is 19.1.